The SMILES string of the molecule is CC1(C)c2ccccc2-c2cccc(-c3cccc4c3oc3c(-c5cccc(-c6nc(-c7ccccc7)nc(-c7ccccc7)n6)c5)cccc34)c21. The van der Waals surface area contributed by atoms with E-state index >= 15 is 0 Å². The second kappa shape index (κ2) is 11.7. The summed E-state index contributed by atoms with van der Waals surface area (Å²) < 4.78 is 6.99. The Morgan fingerprint density at radius 1 is 0.385 bits per heavy atom. The Hall–Kier alpha value is -6.65. The van der Waals surface area contributed by atoms with Gasteiger partial charge in [-0.3, -0.25) is 0 Å². The molecule has 9 aromatic rings. The zero-order valence-electron chi connectivity index (χ0n) is 28.8. The van der Waals surface area contributed by atoms with Crippen LogP contribution >= 0.6 is 0 Å². The molecule has 4 heteroatoms. The maximum absolute atomic E-state index is 6.99. The Morgan fingerprint density at radius 2 is 0.827 bits per heavy atom. The minimum Gasteiger partial charge on any atom is -0.455 e. The fraction of sp³-hybridized carbons (Fsp3) is 0.0625. The van der Waals surface area contributed by atoms with Crippen molar-refractivity contribution in [2.75, 3.05) is 0 Å². The summed E-state index contributed by atoms with van der Waals surface area (Å²) in [4.78, 5) is 14.9. The average molecular weight is 668 g/mol. The molecule has 10 rings (SSSR count). The molecule has 52 heavy (non-hydrogen) atoms. The first-order chi connectivity index (χ1) is 25.5. The van der Waals surface area contributed by atoms with Crippen LogP contribution < -0.4 is 0 Å². The van der Waals surface area contributed by atoms with Crippen LogP contribution in [0.25, 0.3) is 89.5 Å². The molecule has 2 heterocycles. The second-order valence-corrected chi connectivity index (χ2v) is 14.0. The highest BCUT2D eigenvalue weighted by Gasteiger charge is 2.37. The second-order valence-electron chi connectivity index (χ2n) is 14.0. The van der Waals surface area contributed by atoms with E-state index in [1.807, 2.05) is 60.7 Å². The molecule has 0 spiro atoms. The van der Waals surface area contributed by atoms with Crippen LogP contribution in [0, 0.1) is 0 Å². The molecule has 7 aromatic carbocycles. The number of rotatable bonds is 5. The van der Waals surface area contributed by atoms with Crippen molar-refractivity contribution in [2.24, 2.45) is 0 Å². The number of nitrogens with zero attached hydrogens (tertiary/aromatic N) is 3. The maximum atomic E-state index is 6.99. The Morgan fingerprint density at radius 3 is 1.50 bits per heavy atom. The van der Waals surface area contributed by atoms with Crippen molar-refractivity contribution in [1.29, 1.82) is 0 Å². The van der Waals surface area contributed by atoms with Gasteiger partial charge in [0.2, 0.25) is 0 Å². The van der Waals surface area contributed by atoms with E-state index in [-0.39, 0.29) is 5.41 Å². The molecule has 0 radical (unpaired) electrons. The summed E-state index contributed by atoms with van der Waals surface area (Å²) in [5.41, 5.74) is 14.1. The number of hydrogen-bond acceptors (Lipinski definition) is 4. The minimum atomic E-state index is -0.141. The molecular weight excluding hydrogens is 635 g/mol. The van der Waals surface area contributed by atoms with Gasteiger partial charge in [-0.2, -0.15) is 0 Å². The van der Waals surface area contributed by atoms with Gasteiger partial charge >= 0.3 is 0 Å². The van der Waals surface area contributed by atoms with Gasteiger partial charge in [0.25, 0.3) is 0 Å². The zero-order chi connectivity index (χ0) is 34.8. The van der Waals surface area contributed by atoms with Gasteiger partial charge in [0.1, 0.15) is 11.2 Å². The first-order valence-corrected chi connectivity index (χ1v) is 17.7. The van der Waals surface area contributed by atoms with Gasteiger partial charge in [0, 0.05) is 44.0 Å². The minimum absolute atomic E-state index is 0.141. The van der Waals surface area contributed by atoms with Crippen molar-refractivity contribution in [1.82, 2.24) is 15.0 Å². The van der Waals surface area contributed by atoms with Crippen molar-refractivity contribution in [2.45, 2.75) is 19.3 Å². The standard InChI is InChI=1S/C48H33N3O/c1-48(2)41-28-10-9-21-35(41)36-23-13-24-37(42(36)48)38-25-14-27-40-39-26-12-22-34(43(39)52-44(38)40)32-19-11-20-33(29-32)47-50-45(30-15-5-3-6-16-30)49-46(51-47)31-17-7-4-8-18-31/h3-29H,1-2H3. The molecule has 4 nitrogen and oxygen atoms in total. The van der Waals surface area contributed by atoms with Crippen LogP contribution in [0.4, 0.5) is 0 Å². The molecule has 0 saturated heterocycles. The number of furan rings is 1. The van der Waals surface area contributed by atoms with Gasteiger partial charge in [0.15, 0.2) is 17.5 Å². The summed E-state index contributed by atoms with van der Waals surface area (Å²) in [6.07, 6.45) is 0. The molecule has 1 aliphatic carbocycles. The van der Waals surface area contributed by atoms with E-state index in [4.69, 9.17) is 19.4 Å². The maximum Gasteiger partial charge on any atom is 0.164 e. The lowest BCUT2D eigenvalue weighted by Gasteiger charge is -2.24. The monoisotopic (exact) mass is 667 g/mol. The molecule has 0 atom stereocenters. The fourth-order valence-electron chi connectivity index (χ4n) is 8.10. The van der Waals surface area contributed by atoms with Gasteiger partial charge in [-0.05, 0) is 39.4 Å². The van der Waals surface area contributed by atoms with Gasteiger partial charge in [-0.1, -0.05) is 172 Å². The van der Waals surface area contributed by atoms with Crippen molar-refractivity contribution in [3.63, 3.8) is 0 Å². The molecule has 1 aliphatic rings. The topological polar surface area (TPSA) is 51.8 Å². The van der Waals surface area contributed by atoms with E-state index < -0.39 is 0 Å². The molecule has 2 aromatic heterocycles. The van der Waals surface area contributed by atoms with E-state index in [0.29, 0.717) is 17.5 Å². The van der Waals surface area contributed by atoms with Crippen molar-refractivity contribution in [3.8, 4) is 67.5 Å². The summed E-state index contributed by atoms with van der Waals surface area (Å²) in [6.45, 7) is 4.67. The number of aromatic nitrogens is 3. The Balaban J connectivity index is 1.12. The first kappa shape index (κ1) is 30.2. The highest BCUT2D eigenvalue weighted by molar-refractivity contribution is 6.13. The van der Waals surface area contributed by atoms with E-state index in [1.54, 1.807) is 0 Å². The van der Waals surface area contributed by atoms with Crippen LogP contribution in [0.5, 0.6) is 0 Å². The summed E-state index contributed by atoms with van der Waals surface area (Å²) in [7, 11) is 0. The third kappa shape index (κ3) is 4.72. The van der Waals surface area contributed by atoms with Crippen LogP contribution in [0.15, 0.2) is 168 Å². The van der Waals surface area contributed by atoms with Gasteiger partial charge in [-0.15, -0.1) is 0 Å². The van der Waals surface area contributed by atoms with Crippen LogP contribution in [-0.4, -0.2) is 15.0 Å². The predicted molar refractivity (Wildman–Crippen MR) is 212 cm³/mol. The molecule has 0 aliphatic heterocycles. The molecule has 246 valence electrons. The van der Waals surface area contributed by atoms with Crippen LogP contribution in [-0.2, 0) is 5.41 Å². The van der Waals surface area contributed by atoms with Crippen LogP contribution in [0.3, 0.4) is 0 Å². The largest absolute Gasteiger partial charge is 0.455 e. The summed E-state index contributed by atoms with van der Waals surface area (Å²) in [5, 5.41) is 2.20. The predicted octanol–water partition coefficient (Wildman–Crippen LogP) is 12.4. The van der Waals surface area contributed by atoms with Gasteiger partial charge in [0.05, 0.1) is 0 Å². The number of benzene rings is 7. The Kier molecular flexibility index (Phi) is 6.80. The smallest absolute Gasteiger partial charge is 0.164 e. The van der Waals surface area contributed by atoms with Crippen molar-refractivity contribution >= 4 is 21.9 Å². The third-order valence-electron chi connectivity index (χ3n) is 10.5. The average Bonchev–Trinajstić information content (AvgIpc) is 3.71. The summed E-state index contributed by atoms with van der Waals surface area (Å²) >= 11 is 0. The number of hydrogen-bond donors (Lipinski definition) is 0. The fourth-order valence-corrected chi connectivity index (χ4v) is 8.10. The molecule has 0 unspecified atom stereocenters. The quantitative estimate of drug-likeness (QED) is 0.183. The zero-order valence-corrected chi connectivity index (χ0v) is 28.8. The summed E-state index contributed by atoms with van der Waals surface area (Å²) in [5.74, 6) is 1.90. The highest BCUT2D eigenvalue weighted by Crippen LogP contribution is 2.53. The molecule has 0 bridgehead atoms. The Bertz CT molecular complexity index is 2760. The van der Waals surface area contributed by atoms with E-state index in [2.05, 4.69) is 117 Å². The molecule has 0 fully saturated rings. The summed E-state index contributed by atoms with van der Waals surface area (Å²) in [6, 6.07) is 57.0. The number of fused-ring (bicyclic) bond motifs is 6. The van der Waals surface area contributed by atoms with E-state index in [1.165, 1.54) is 27.8 Å². The lowest BCUT2D eigenvalue weighted by molar-refractivity contribution is 0.659. The van der Waals surface area contributed by atoms with Crippen LogP contribution in [0.1, 0.15) is 25.0 Å². The third-order valence-corrected chi connectivity index (χ3v) is 10.5. The molecule has 0 N–H and O–H groups in total. The van der Waals surface area contributed by atoms with Gasteiger partial charge < -0.3 is 4.42 Å². The van der Waals surface area contributed by atoms with Crippen molar-refractivity contribution < 1.29 is 4.42 Å². The first-order valence-electron chi connectivity index (χ1n) is 17.7. The normalized spacial score (nSPS) is 13.0. The molecular formula is C48H33N3O. The molecule has 0 saturated carbocycles. The molecule has 0 amide bonds. The number of para-hydroxylation sites is 2. The lowest BCUT2D eigenvalue weighted by atomic mass is 9.78. The lowest BCUT2D eigenvalue weighted by Crippen LogP contribution is -2.16. The van der Waals surface area contributed by atoms with E-state index in [9.17, 15) is 0 Å². The highest BCUT2D eigenvalue weighted by atomic mass is 16.3. The van der Waals surface area contributed by atoms with Crippen LogP contribution in [0.2, 0.25) is 0 Å². The van der Waals surface area contributed by atoms with E-state index in [0.717, 1.165) is 55.3 Å². The van der Waals surface area contributed by atoms with Crippen molar-refractivity contribution in [3.05, 3.63) is 175 Å². The van der Waals surface area contributed by atoms with Gasteiger partial charge in [-0.25, -0.2) is 15.0 Å². The Labute approximate surface area is 302 Å².